The van der Waals surface area contributed by atoms with Gasteiger partial charge in [0.15, 0.2) is 0 Å². The number of nitro groups is 1. The zero-order chi connectivity index (χ0) is 9.97. The number of rotatable bonds is 2. The number of nitrogens with zero attached hydrogens (tertiary/aromatic N) is 2. The monoisotopic (exact) mass is 190 g/mol. The second-order valence-electron chi connectivity index (χ2n) is 2.63. The summed E-state index contributed by atoms with van der Waals surface area (Å²) >= 11 is 0. The molecule has 0 fully saturated rings. The lowest BCUT2D eigenvalue weighted by Crippen LogP contribution is -1.91. The molecule has 2 aromatic rings. The molecule has 2 heterocycles. The maximum atomic E-state index is 10.6. The van der Waals surface area contributed by atoms with Crippen molar-refractivity contribution in [3.8, 4) is 11.3 Å². The number of hydrogen-bond acceptors (Lipinski definition) is 4. The van der Waals surface area contributed by atoms with Crippen molar-refractivity contribution in [2.75, 3.05) is 0 Å². The summed E-state index contributed by atoms with van der Waals surface area (Å²) in [7, 11) is 0. The lowest BCUT2D eigenvalue weighted by Gasteiger charge is -1.97. The number of pyridine rings is 1. The van der Waals surface area contributed by atoms with Crippen LogP contribution in [0.2, 0.25) is 0 Å². The molecular formula is C9H6N2O3. The molecule has 70 valence electrons. The summed E-state index contributed by atoms with van der Waals surface area (Å²) in [6, 6.07) is 4.90. The van der Waals surface area contributed by atoms with E-state index in [0.29, 0.717) is 11.3 Å². The van der Waals surface area contributed by atoms with Crippen LogP contribution in [0.5, 0.6) is 0 Å². The van der Waals surface area contributed by atoms with Crippen LogP contribution in [0.15, 0.2) is 41.3 Å². The Morgan fingerprint density at radius 1 is 1.43 bits per heavy atom. The highest BCUT2D eigenvalue weighted by atomic mass is 16.6. The smallest absolute Gasteiger partial charge is 0.298 e. The number of hydrogen-bond donors (Lipinski definition) is 0. The van der Waals surface area contributed by atoms with E-state index in [4.69, 9.17) is 4.42 Å². The van der Waals surface area contributed by atoms with E-state index in [1.54, 1.807) is 18.2 Å². The summed E-state index contributed by atoms with van der Waals surface area (Å²) in [6.45, 7) is 0. The molecule has 5 heteroatoms. The Morgan fingerprint density at radius 2 is 2.29 bits per heavy atom. The van der Waals surface area contributed by atoms with Crippen LogP contribution in [0.3, 0.4) is 0 Å². The van der Waals surface area contributed by atoms with E-state index in [-0.39, 0.29) is 5.69 Å². The molecule has 0 radical (unpaired) electrons. The van der Waals surface area contributed by atoms with Crippen molar-refractivity contribution in [3.05, 3.63) is 47.0 Å². The highest BCUT2D eigenvalue weighted by Crippen LogP contribution is 2.28. The van der Waals surface area contributed by atoms with Crippen molar-refractivity contribution in [2.24, 2.45) is 0 Å². The van der Waals surface area contributed by atoms with Gasteiger partial charge in [0.2, 0.25) is 0 Å². The van der Waals surface area contributed by atoms with Crippen molar-refractivity contribution in [2.45, 2.75) is 0 Å². The Labute approximate surface area is 79.2 Å². The summed E-state index contributed by atoms with van der Waals surface area (Å²) < 4.78 is 5.08. The van der Waals surface area contributed by atoms with Crippen molar-refractivity contribution < 1.29 is 9.34 Å². The van der Waals surface area contributed by atoms with Crippen LogP contribution in [0.1, 0.15) is 0 Å². The molecule has 5 nitrogen and oxygen atoms in total. The van der Waals surface area contributed by atoms with Gasteiger partial charge in [-0.15, -0.1) is 0 Å². The Morgan fingerprint density at radius 3 is 2.93 bits per heavy atom. The van der Waals surface area contributed by atoms with Gasteiger partial charge < -0.3 is 4.42 Å². The molecular weight excluding hydrogens is 184 g/mol. The Balaban J connectivity index is 2.58. The molecule has 0 N–H and O–H groups in total. The summed E-state index contributed by atoms with van der Waals surface area (Å²) in [5, 5.41) is 10.6. The molecule has 0 saturated heterocycles. The SMILES string of the molecule is O=[N+]([O-])c1cnccc1-c1ccco1. The minimum atomic E-state index is -0.481. The Hall–Kier alpha value is -2.17. The van der Waals surface area contributed by atoms with Gasteiger partial charge in [0, 0.05) is 6.20 Å². The normalized spacial score (nSPS) is 10.0. The second-order valence-corrected chi connectivity index (χ2v) is 2.63. The van der Waals surface area contributed by atoms with Crippen LogP contribution >= 0.6 is 0 Å². The summed E-state index contributed by atoms with van der Waals surface area (Å²) in [6.07, 6.45) is 4.17. The molecule has 0 amide bonds. The molecule has 2 rings (SSSR count). The summed E-state index contributed by atoms with van der Waals surface area (Å²) in [4.78, 5) is 13.9. The van der Waals surface area contributed by atoms with E-state index in [1.807, 2.05) is 0 Å². The third-order valence-corrected chi connectivity index (χ3v) is 1.78. The average Bonchev–Trinajstić information content (AvgIpc) is 2.70. The lowest BCUT2D eigenvalue weighted by atomic mass is 10.2. The fourth-order valence-corrected chi connectivity index (χ4v) is 1.17. The fourth-order valence-electron chi connectivity index (χ4n) is 1.17. The van der Waals surface area contributed by atoms with Crippen molar-refractivity contribution in [1.82, 2.24) is 4.98 Å². The minimum Gasteiger partial charge on any atom is -0.464 e. The third-order valence-electron chi connectivity index (χ3n) is 1.78. The Bertz CT molecular complexity index is 451. The van der Waals surface area contributed by atoms with E-state index in [9.17, 15) is 10.1 Å². The van der Waals surface area contributed by atoms with Gasteiger partial charge in [0.1, 0.15) is 12.0 Å². The van der Waals surface area contributed by atoms with Gasteiger partial charge in [0.05, 0.1) is 16.7 Å². The van der Waals surface area contributed by atoms with E-state index >= 15 is 0 Å². The number of aromatic nitrogens is 1. The van der Waals surface area contributed by atoms with Crippen LogP contribution < -0.4 is 0 Å². The van der Waals surface area contributed by atoms with E-state index in [2.05, 4.69) is 4.98 Å². The first-order valence-corrected chi connectivity index (χ1v) is 3.91. The zero-order valence-corrected chi connectivity index (χ0v) is 7.08. The molecule has 0 aromatic carbocycles. The first-order chi connectivity index (χ1) is 6.79. The third kappa shape index (κ3) is 1.35. The molecule has 0 bridgehead atoms. The molecule has 0 aliphatic heterocycles. The quantitative estimate of drug-likeness (QED) is 0.537. The summed E-state index contributed by atoms with van der Waals surface area (Å²) in [5.74, 6) is 0.471. The first-order valence-electron chi connectivity index (χ1n) is 3.91. The number of furan rings is 1. The van der Waals surface area contributed by atoms with Crippen LogP contribution in [0.25, 0.3) is 11.3 Å². The van der Waals surface area contributed by atoms with Gasteiger partial charge in [-0.3, -0.25) is 15.1 Å². The van der Waals surface area contributed by atoms with Crippen LogP contribution in [0.4, 0.5) is 5.69 Å². The predicted octanol–water partition coefficient (Wildman–Crippen LogP) is 2.25. The highest BCUT2D eigenvalue weighted by molar-refractivity contribution is 5.67. The molecule has 2 aromatic heterocycles. The van der Waals surface area contributed by atoms with Crippen LogP contribution in [-0.4, -0.2) is 9.91 Å². The second kappa shape index (κ2) is 3.29. The standard InChI is InChI=1S/C9H6N2O3/c12-11(13)8-6-10-4-3-7(8)9-2-1-5-14-9/h1-6H. The van der Waals surface area contributed by atoms with Gasteiger partial charge in [-0.05, 0) is 18.2 Å². The van der Waals surface area contributed by atoms with Crippen molar-refractivity contribution >= 4 is 5.69 Å². The highest BCUT2D eigenvalue weighted by Gasteiger charge is 2.16. The molecule has 0 spiro atoms. The van der Waals surface area contributed by atoms with Gasteiger partial charge in [-0.25, -0.2) is 0 Å². The summed E-state index contributed by atoms with van der Waals surface area (Å²) in [5.41, 5.74) is 0.387. The van der Waals surface area contributed by atoms with Gasteiger partial charge in [0.25, 0.3) is 5.69 Å². The maximum Gasteiger partial charge on any atom is 0.298 e. The zero-order valence-electron chi connectivity index (χ0n) is 7.08. The molecule has 0 unspecified atom stereocenters. The van der Waals surface area contributed by atoms with Gasteiger partial charge in [-0.2, -0.15) is 0 Å². The molecule has 0 atom stereocenters. The minimum absolute atomic E-state index is 0.0533. The largest absolute Gasteiger partial charge is 0.464 e. The topological polar surface area (TPSA) is 69.2 Å². The van der Waals surface area contributed by atoms with Crippen molar-refractivity contribution in [1.29, 1.82) is 0 Å². The van der Waals surface area contributed by atoms with Gasteiger partial charge in [-0.1, -0.05) is 0 Å². The van der Waals surface area contributed by atoms with E-state index in [1.165, 1.54) is 18.7 Å². The molecule has 14 heavy (non-hydrogen) atoms. The first kappa shape index (κ1) is 8.43. The predicted molar refractivity (Wildman–Crippen MR) is 48.6 cm³/mol. The van der Waals surface area contributed by atoms with Gasteiger partial charge >= 0.3 is 0 Å². The van der Waals surface area contributed by atoms with E-state index in [0.717, 1.165) is 0 Å². The lowest BCUT2D eigenvalue weighted by molar-refractivity contribution is -0.384. The van der Waals surface area contributed by atoms with Crippen molar-refractivity contribution in [3.63, 3.8) is 0 Å². The molecule has 0 aliphatic carbocycles. The van der Waals surface area contributed by atoms with E-state index < -0.39 is 4.92 Å². The van der Waals surface area contributed by atoms with Crippen LogP contribution in [0, 0.1) is 10.1 Å². The molecule has 0 aliphatic rings. The van der Waals surface area contributed by atoms with Crippen LogP contribution in [-0.2, 0) is 0 Å². The maximum absolute atomic E-state index is 10.6. The Kier molecular flexibility index (Phi) is 1.98. The molecule has 0 saturated carbocycles. The fraction of sp³-hybridized carbons (Fsp3) is 0. The average molecular weight is 190 g/mol.